The normalized spacial score (nSPS) is 23.1. The van der Waals surface area contributed by atoms with Crippen molar-refractivity contribution in [3.63, 3.8) is 0 Å². The third-order valence-corrected chi connectivity index (χ3v) is 2.22. The third-order valence-electron chi connectivity index (χ3n) is 2.22. The Morgan fingerprint density at radius 2 is 2.60 bits per heavy atom. The molecule has 0 unspecified atom stereocenters. The van der Waals surface area contributed by atoms with Crippen molar-refractivity contribution in [1.29, 1.82) is 0 Å². The van der Waals surface area contributed by atoms with Crippen molar-refractivity contribution in [2.24, 2.45) is 0 Å². The average molecular weight is 137 g/mol. The summed E-state index contributed by atoms with van der Waals surface area (Å²) < 4.78 is 2.21. The van der Waals surface area contributed by atoms with Crippen LogP contribution in [0.5, 0.6) is 0 Å². The Hall–Kier alpha value is -0.760. The molecule has 1 aliphatic rings. The zero-order valence-corrected chi connectivity index (χ0v) is 5.83. The van der Waals surface area contributed by atoms with Crippen LogP contribution in [-0.4, -0.2) is 16.3 Å². The van der Waals surface area contributed by atoms with Gasteiger partial charge < -0.3 is 9.67 Å². The lowest BCUT2D eigenvalue weighted by molar-refractivity contribution is 0.265. The Kier molecular flexibility index (Phi) is 1.27. The van der Waals surface area contributed by atoms with E-state index in [9.17, 15) is 0 Å². The van der Waals surface area contributed by atoms with Gasteiger partial charge in [-0.3, -0.25) is 0 Å². The molecule has 0 amide bonds. The predicted molar refractivity (Wildman–Crippen MR) is 38.9 cm³/mol. The van der Waals surface area contributed by atoms with Crippen molar-refractivity contribution in [3.05, 3.63) is 24.0 Å². The Morgan fingerprint density at radius 1 is 1.70 bits per heavy atom. The van der Waals surface area contributed by atoms with E-state index in [0.717, 1.165) is 13.0 Å². The summed E-state index contributed by atoms with van der Waals surface area (Å²) in [5, 5.41) is 8.92. The summed E-state index contributed by atoms with van der Waals surface area (Å²) in [4.78, 5) is 0. The monoisotopic (exact) mass is 137 g/mol. The number of hydrogen-bond donors (Lipinski definition) is 1. The van der Waals surface area contributed by atoms with Gasteiger partial charge in [0.15, 0.2) is 0 Å². The van der Waals surface area contributed by atoms with Crippen LogP contribution in [0.15, 0.2) is 18.3 Å². The largest absolute Gasteiger partial charge is 0.396 e. The van der Waals surface area contributed by atoms with Crippen LogP contribution in [0.3, 0.4) is 0 Å². The van der Waals surface area contributed by atoms with Crippen LogP contribution < -0.4 is 0 Å². The lowest BCUT2D eigenvalue weighted by atomic mass is 10.1. The summed E-state index contributed by atoms with van der Waals surface area (Å²) in [5.41, 5.74) is 1.29. The molecule has 0 saturated heterocycles. The van der Waals surface area contributed by atoms with Crippen LogP contribution >= 0.6 is 0 Å². The van der Waals surface area contributed by atoms with Gasteiger partial charge in [-0.25, -0.2) is 0 Å². The highest BCUT2D eigenvalue weighted by Crippen LogP contribution is 2.26. The van der Waals surface area contributed by atoms with Crippen molar-refractivity contribution in [2.45, 2.75) is 18.9 Å². The molecular weight excluding hydrogens is 126 g/mol. The molecule has 0 saturated carbocycles. The molecule has 1 aromatic rings. The van der Waals surface area contributed by atoms with Gasteiger partial charge in [-0.15, -0.1) is 0 Å². The van der Waals surface area contributed by atoms with Crippen LogP contribution in [-0.2, 0) is 6.54 Å². The first-order chi connectivity index (χ1) is 4.92. The molecule has 2 nitrogen and oxygen atoms in total. The highest BCUT2D eigenvalue weighted by molar-refractivity contribution is 5.16. The molecule has 1 atom stereocenters. The Labute approximate surface area is 60.1 Å². The van der Waals surface area contributed by atoms with E-state index in [-0.39, 0.29) is 0 Å². The Morgan fingerprint density at radius 3 is 3.40 bits per heavy atom. The first-order valence-electron chi connectivity index (χ1n) is 3.67. The van der Waals surface area contributed by atoms with Gasteiger partial charge in [-0.1, -0.05) is 0 Å². The zero-order chi connectivity index (χ0) is 6.97. The van der Waals surface area contributed by atoms with Crippen LogP contribution in [0.2, 0.25) is 0 Å². The molecule has 1 aromatic heterocycles. The molecule has 0 aliphatic carbocycles. The molecule has 1 N–H and O–H groups in total. The molecule has 54 valence electrons. The topological polar surface area (TPSA) is 25.2 Å². The van der Waals surface area contributed by atoms with Crippen molar-refractivity contribution in [3.8, 4) is 0 Å². The van der Waals surface area contributed by atoms with E-state index in [4.69, 9.17) is 5.11 Å². The van der Waals surface area contributed by atoms with Gasteiger partial charge in [-0.2, -0.15) is 0 Å². The smallest absolute Gasteiger partial charge is 0.0514 e. The molecule has 0 aromatic carbocycles. The fraction of sp³-hybridized carbons (Fsp3) is 0.500. The average Bonchev–Trinajstić information content (AvgIpc) is 2.44. The number of rotatable bonds is 1. The van der Waals surface area contributed by atoms with Crippen molar-refractivity contribution in [2.75, 3.05) is 6.61 Å². The number of aryl methyl sites for hydroxylation is 1. The van der Waals surface area contributed by atoms with E-state index >= 15 is 0 Å². The maximum Gasteiger partial charge on any atom is 0.0514 e. The number of aliphatic hydroxyl groups excluding tert-OH is 1. The van der Waals surface area contributed by atoms with Crippen LogP contribution in [0.25, 0.3) is 0 Å². The molecule has 2 heteroatoms. The fourth-order valence-corrected chi connectivity index (χ4v) is 1.63. The highest BCUT2D eigenvalue weighted by Gasteiger charge is 2.19. The molecule has 0 spiro atoms. The van der Waals surface area contributed by atoms with Crippen molar-refractivity contribution < 1.29 is 5.11 Å². The van der Waals surface area contributed by atoms with Gasteiger partial charge in [0.1, 0.15) is 0 Å². The second-order valence-electron chi connectivity index (χ2n) is 2.79. The van der Waals surface area contributed by atoms with Crippen LogP contribution in [0, 0.1) is 0 Å². The maximum absolute atomic E-state index is 8.92. The van der Waals surface area contributed by atoms with E-state index in [1.165, 1.54) is 5.69 Å². The minimum atomic E-state index is 0.296. The lowest BCUT2D eigenvalue weighted by Crippen LogP contribution is -1.97. The summed E-state index contributed by atoms with van der Waals surface area (Å²) in [6.07, 6.45) is 3.18. The quantitative estimate of drug-likeness (QED) is 0.613. The van der Waals surface area contributed by atoms with Gasteiger partial charge in [-0.05, 0) is 18.6 Å². The first-order valence-corrected chi connectivity index (χ1v) is 3.67. The van der Waals surface area contributed by atoms with Crippen molar-refractivity contribution >= 4 is 0 Å². The number of fused-ring (bicyclic) bond motifs is 1. The molecule has 0 bridgehead atoms. The SMILES string of the molecule is OC[C@H]1CCn2cccc21. The molecule has 1 aliphatic heterocycles. The third kappa shape index (κ3) is 0.688. The molecule has 2 heterocycles. The summed E-state index contributed by atoms with van der Waals surface area (Å²) in [7, 11) is 0. The summed E-state index contributed by atoms with van der Waals surface area (Å²) >= 11 is 0. The number of aliphatic hydroxyl groups is 1. The zero-order valence-electron chi connectivity index (χ0n) is 5.83. The molecular formula is C8H11NO. The minimum Gasteiger partial charge on any atom is -0.396 e. The van der Waals surface area contributed by atoms with E-state index in [0.29, 0.717) is 12.5 Å². The van der Waals surface area contributed by atoms with Gasteiger partial charge >= 0.3 is 0 Å². The van der Waals surface area contributed by atoms with Gasteiger partial charge in [0.2, 0.25) is 0 Å². The molecule has 10 heavy (non-hydrogen) atoms. The summed E-state index contributed by atoms with van der Waals surface area (Å²) in [6.45, 7) is 1.37. The van der Waals surface area contributed by atoms with E-state index in [1.807, 2.05) is 6.07 Å². The molecule has 0 radical (unpaired) electrons. The second kappa shape index (κ2) is 2.13. The highest BCUT2D eigenvalue weighted by atomic mass is 16.3. The number of aromatic nitrogens is 1. The van der Waals surface area contributed by atoms with Crippen LogP contribution in [0.4, 0.5) is 0 Å². The predicted octanol–water partition coefficient (Wildman–Crippen LogP) is 0.968. The molecule has 0 fully saturated rings. The summed E-state index contributed by atoms with van der Waals surface area (Å²) in [6, 6.07) is 4.13. The lowest BCUT2D eigenvalue weighted by Gasteiger charge is -2.01. The fourth-order valence-electron chi connectivity index (χ4n) is 1.63. The molecule has 2 rings (SSSR count). The van der Waals surface area contributed by atoms with E-state index in [1.54, 1.807) is 0 Å². The second-order valence-corrected chi connectivity index (χ2v) is 2.79. The Bertz CT molecular complexity index is 229. The first kappa shape index (κ1) is 5.98. The van der Waals surface area contributed by atoms with Crippen molar-refractivity contribution in [1.82, 2.24) is 4.57 Å². The number of hydrogen-bond acceptors (Lipinski definition) is 1. The van der Waals surface area contributed by atoms with E-state index in [2.05, 4.69) is 16.8 Å². The maximum atomic E-state index is 8.92. The Balaban J connectivity index is 2.34. The van der Waals surface area contributed by atoms with Gasteiger partial charge in [0.25, 0.3) is 0 Å². The van der Waals surface area contributed by atoms with Gasteiger partial charge in [0.05, 0.1) is 6.61 Å². The summed E-state index contributed by atoms with van der Waals surface area (Å²) in [5.74, 6) is 0.398. The standard InChI is InChI=1S/C8H11NO/c10-6-7-3-5-9-4-1-2-8(7)9/h1-2,4,7,10H,3,5-6H2/t7-/m1/s1. The van der Waals surface area contributed by atoms with Crippen LogP contribution in [0.1, 0.15) is 18.0 Å². The number of nitrogens with zero attached hydrogens (tertiary/aromatic N) is 1. The van der Waals surface area contributed by atoms with Gasteiger partial charge in [0, 0.05) is 24.4 Å². The minimum absolute atomic E-state index is 0.296. The van der Waals surface area contributed by atoms with E-state index < -0.39 is 0 Å².